The highest BCUT2D eigenvalue weighted by Crippen LogP contribution is 2.18. The molecular formula is C13H23N3. The Kier molecular flexibility index (Phi) is 5.86. The van der Waals surface area contributed by atoms with Gasteiger partial charge in [-0.3, -0.25) is 0 Å². The number of unbranched alkanes of at least 4 members (excludes halogenated alkanes) is 3. The summed E-state index contributed by atoms with van der Waals surface area (Å²) < 4.78 is 2.09. The van der Waals surface area contributed by atoms with Crippen molar-refractivity contribution in [2.24, 2.45) is 7.05 Å². The lowest BCUT2D eigenvalue weighted by Gasteiger charge is -2.16. The molecule has 0 bridgehead atoms. The van der Waals surface area contributed by atoms with Crippen LogP contribution in [0.4, 0.5) is 0 Å². The summed E-state index contributed by atoms with van der Waals surface area (Å²) in [6, 6.07) is 0.427. The number of hydrogen-bond acceptors (Lipinski definition) is 2. The van der Waals surface area contributed by atoms with E-state index in [1.165, 1.54) is 31.4 Å². The van der Waals surface area contributed by atoms with Crippen molar-refractivity contribution in [3.8, 4) is 0 Å². The van der Waals surface area contributed by atoms with Gasteiger partial charge in [0.1, 0.15) is 0 Å². The Balaban J connectivity index is 2.33. The third kappa shape index (κ3) is 3.81. The van der Waals surface area contributed by atoms with Gasteiger partial charge in [0, 0.05) is 19.3 Å². The molecule has 1 aromatic rings. The number of rotatable bonds is 8. The minimum Gasteiger partial charge on any atom is -0.336 e. The number of imidazole rings is 1. The quantitative estimate of drug-likeness (QED) is 0.540. The average molecular weight is 221 g/mol. The van der Waals surface area contributed by atoms with E-state index in [1.54, 1.807) is 0 Å². The van der Waals surface area contributed by atoms with Crippen molar-refractivity contribution in [2.75, 3.05) is 7.05 Å². The summed E-state index contributed by atoms with van der Waals surface area (Å²) >= 11 is 0. The maximum absolute atomic E-state index is 4.16. The first kappa shape index (κ1) is 13.0. The van der Waals surface area contributed by atoms with Gasteiger partial charge in [0.2, 0.25) is 0 Å². The third-order valence-corrected chi connectivity index (χ3v) is 2.96. The topological polar surface area (TPSA) is 29.9 Å². The van der Waals surface area contributed by atoms with Gasteiger partial charge in [-0.05, 0) is 26.3 Å². The summed E-state index contributed by atoms with van der Waals surface area (Å²) in [5, 5.41) is 3.36. The largest absolute Gasteiger partial charge is 0.336 e. The Morgan fingerprint density at radius 3 is 2.88 bits per heavy atom. The molecule has 1 N–H and O–H groups in total. The lowest BCUT2D eigenvalue weighted by atomic mass is 10.0. The van der Waals surface area contributed by atoms with Gasteiger partial charge in [0.15, 0.2) is 0 Å². The van der Waals surface area contributed by atoms with Gasteiger partial charge in [-0.2, -0.15) is 0 Å². The summed E-state index contributed by atoms with van der Waals surface area (Å²) in [4.78, 5) is 4.16. The molecule has 0 aliphatic carbocycles. The minimum absolute atomic E-state index is 0.427. The molecule has 16 heavy (non-hydrogen) atoms. The first-order valence-corrected chi connectivity index (χ1v) is 6.04. The molecule has 1 unspecified atom stereocenters. The predicted octanol–water partition coefficient (Wildman–Crippen LogP) is 2.82. The fourth-order valence-electron chi connectivity index (χ4n) is 1.96. The van der Waals surface area contributed by atoms with Crippen LogP contribution in [-0.4, -0.2) is 16.6 Å². The van der Waals surface area contributed by atoms with E-state index in [2.05, 4.69) is 21.4 Å². The molecule has 1 aromatic heterocycles. The molecule has 0 aliphatic rings. The van der Waals surface area contributed by atoms with Gasteiger partial charge in [-0.15, -0.1) is 6.58 Å². The summed E-state index contributed by atoms with van der Waals surface area (Å²) in [7, 11) is 4.06. The van der Waals surface area contributed by atoms with Crippen molar-refractivity contribution < 1.29 is 0 Å². The molecule has 90 valence electrons. The van der Waals surface area contributed by atoms with Crippen LogP contribution in [0.5, 0.6) is 0 Å². The van der Waals surface area contributed by atoms with Gasteiger partial charge >= 0.3 is 0 Å². The second-order valence-corrected chi connectivity index (χ2v) is 4.20. The zero-order valence-electron chi connectivity index (χ0n) is 10.4. The van der Waals surface area contributed by atoms with E-state index in [-0.39, 0.29) is 0 Å². The molecule has 0 fully saturated rings. The van der Waals surface area contributed by atoms with Crippen molar-refractivity contribution in [3.05, 3.63) is 30.9 Å². The second kappa shape index (κ2) is 7.23. The summed E-state index contributed by atoms with van der Waals surface area (Å²) in [6.45, 7) is 3.74. The number of aromatic nitrogens is 2. The van der Waals surface area contributed by atoms with Crippen LogP contribution in [0, 0.1) is 0 Å². The molecular weight excluding hydrogens is 198 g/mol. The van der Waals surface area contributed by atoms with Crippen molar-refractivity contribution in [1.82, 2.24) is 14.9 Å². The molecule has 1 heterocycles. The third-order valence-electron chi connectivity index (χ3n) is 2.96. The fourth-order valence-corrected chi connectivity index (χ4v) is 1.96. The lowest BCUT2D eigenvalue weighted by molar-refractivity contribution is 0.486. The smallest absolute Gasteiger partial charge is 0.0946 e. The van der Waals surface area contributed by atoms with Crippen molar-refractivity contribution in [1.29, 1.82) is 0 Å². The van der Waals surface area contributed by atoms with Crippen LogP contribution in [0.25, 0.3) is 0 Å². The Morgan fingerprint density at radius 2 is 2.31 bits per heavy atom. The van der Waals surface area contributed by atoms with Gasteiger partial charge in [-0.1, -0.05) is 18.9 Å². The van der Waals surface area contributed by atoms with Crippen LogP contribution in [0.2, 0.25) is 0 Å². The summed E-state index contributed by atoms with van der Waals surface area (Å²) in [6.07, 6.45) is 11.9. The molecule has 1 atom stereocenters. The number of allylic oxidation sites excluding steroid dienone is 1. The van der Waals surface area contributed by atoms with E-state index in [9.17, 15) is 0 Å². The normalized spacial score (nSPS) is 12.6. The lowest BCUT2D eigenvalue weighted by Crippen LogP contribution is -2.18. The van der Waals surface area contributed by atoms with Crippen molar-refractivity contribution in [3.63, 3.8) is 0 Å². The van der Waals surface area contributed by atoms with Crippen LogP contribution in [0.1, 0.15) is 43.8 Å². The summed E-state index contributed by atoms with van der Waals surface area (Å²) in [5.41, 5.74) is 1.27. The monoisotopic (exact) mass is 221 g/mol. The van der Waals surface area contributed by atoms with E-state index < -0.39 is 0 Å². The zero-order chi connectivity index (χ0) is 11.8. The molecule has 3 heteroatoms. The maximum Gasteiger partial charge on any atom is 0.0946 e. The van der Waals surface area contributed by atoms with Crippen LogP contribution < -0.4 is 5.32 Å². The molecule has 0 spiro atoms. The molecule has 3 nitrogen and oxygen atoms in total. The number of nitrogens with one attached hydrogen (secondary N) is 1. The average Bonchev–Trinajstić information content (AvgIpc) is 2.70. The molecule has 0 aromatic carbocycles. The molecule has 0 saturated heterocycles. The van der Waals surface area contributed by atoms with E-state index in [0.717, 1.165) is 6.42 Å². The van der Waals surface area contributed by atoms with Gasteiger partial charge in [0.25, 0.3) is 0 Å². The predicted molar refractivity (Wildman–Crippen MR) is 68.3 cm³/mol. The fraction of sp³-hybridized carbons (Fsp3) is 0.615. The Morgan fingerprint density at radius 1 is 1.50 bits per heavy atom. The molecule has 0 aliphatic heterocycles. The van der Waals surface area contributed by atoms with Crippen molar-refractivity contribution >= 4 is 0 Å². The molecule has 0 radical (unpaired) electrons. The zero-order valence-corrected chi connectivity index (χ0v) is 10.4. The molecule has 0 amide bonds. The van der Waals surface area contributed by atoms with E-state index in [1.807, 2.05) is 32.7 Å². The number of aryl methyl sites for hydroxylation is 1. The first-order valence-electron chi connectivity index (χ1n) is 6.04. The van der Waals surface area contributed by atoms with Gasteiger partial charge < -0.3 is 9.88 Å². The maximum atomic E-state index is 4.16. The van der Waals surface area contributed by atoms with Crippen LogP contribution in [0.3, 0.4) is 0 Å². The summed E-state index contributed by atoms with van der Waals surface area (Å²) in [5.74, 6) is 0. The standard InChI is InChI=1S/C13H23N3/c1-4-5-6-7-8-9-12(14-2)13-10-15-11-16(13)3/h4,10-12,14H,1,5-9H2,2-3H3. The highest BCUT2D eigenvalue weighted by molar-refractivity contribution is 5.04. The highest BCUT2D eigenvalue weighted by Gasteiger charge is 2.11. The number of nitrogens with zero attached hydrogens (tertiary/aromatic N) is 2. The van der Waals surface area contributed by atoms with E-state index >= 15 is 0 Å². The highest BCUT2D eigenvalue weighted by atomic mass is 15.1. The van der Waals surface area contributed by atoms with Gasteiger partial charge in [0.05, 0.1) is 12.0 Å². The first-order chi connectivity index (χ1) is 7.79. The second-order valence-electron chi connectivity index (χ2n) is 4.20. The Labute approximate surface area is 98.6 Å². The van der Waals surface area contributed by atoms with E-state index in [4.69, 9.17) is 0 Å². The Hall–Kier alpha value is -1.09. The molecule has 0 saturated carbocycles. The Bertz CT molecular complexity index is 304. The van der Waals surface area contributed by atoms with Crippen LogP contribution >= 0.6 is 0 Å². The molecule has 1 rings (SSSR count). The van der Waals surface area contributed by atoms with Crippen LogP contribution in [-0.2, 0) is 7.05 Å². The van der Waals surface area contributed by atoms with Gasteiger partial charge in [-0.25, -0.2) is 4.98 Å². The minimum atomic E-state index is 0.427. The van der Waals surface area contributed by atoms with E-state index in [0.29, 0.717) is 6.04 Å². The van der Waals surface area contributed by atoms with Crippen molar-refractivity contribution in [2.45, 2.75) is 38.1 Å². The number of hydrogen-bond donors (Lipinski definition) is 1. The van der Waals surface area contributed by atoms with Crippen LogP contribution in [0.15, 0.2) is 25.2 Å². The SMILES string of the molecule is C=CCCCCCC(NC)c1cncn1C.